The monoisotopic (exact) mass is 261 g/mol. The smallest absolute Gasteiger partial charge is 0.0193 e. The van der Waals surface area contributed by atoms with Crippen LogP contribution in [-0.4, -0.2) is 29.4 Å². The molecule has 0 N–H and O–H groups in total. The van der Waals surface area contributed by atoms with E-state index >= 15 is 0 Å². The van der Waals surface area contributed by atoms with Gasteiger partial charge in [-0.2, -0.15) is 0 Å². The van der Waals surface area contributed by atoms with Crippen LogP contribution in [0.4, 0.5) is 0 Å². The maximum Gasteiger partial charge on any atom is 0.0193 e. The Kier molecular flexibility index (Phi) is 6.88. The van der Waals surface area contributed by atoms with Gasteiger partial charge >= 0.3 is 0 Å². The third-order valence-corrected chi connectivity index (χ3v) is 3.97. The van der Waals surface area contributed by atoms with Gasteiger partial charge in [0.1, 0.15) is 0 Å². The third kappa shape index (κ3) is 4.31. The van der Waals surface area contributed by atoms with Crippen molar-refractivity contribution in [3.63, 3.8) is 0 Å². The van der Waals surface area contributed by atoms with E-state index in [1.807, 2.05) is 0 Å². The topological polar surface area (TPSA) is 3.24 Å². The van der Waals surface area contributed by atoms with Crippen LogP contribution in [0, 0.1) is 0 Å². The highest BCUT2D eigenvalue weighted by molar-refractivity contribution is 9.09. The van der Waals surface area contributed by atoms with Crippen LogP contribution in [0.15, 0.2) is 0 Å². The van der Waals surface area contributed by atoms with Gasteiger partial charge in [-0.3, -0.25) is 4.90 Å². The van der Waals surface area contributed by atoms with E-state index in [0.29, 0.717) is 0 Å². The summed E-state index contributed by atoms with van der Waals surface area (Å²) in [4.78, 5) is 2.67. The van der Waals surface area contributed by atoms with Crippen molar-refractivity contribution in [1.29, 1.82) is 0 Å². The lowest BCUT2D eigenvalue weighted by Crippen LogP contribution is -2.31. The SMILES string of the molecule is CCCCCCCN1CCCC1CBr. The Bertz CT molecular complexity index is 138. The molecule has 0 aromatic carbocycles. The summed E-state index contributed by atoms with van der Waals surface area (Å²) in [6.45, 7) is 4.95. The summed E-state index contributed by atoms with van der Waals surface area (Å²) in [6, 6.07) is 0.834. The van der Waals surface area contributed by atoms with Crippen molar-refractivity contribution in [3.8, 4) is 0 Å². The zero-order chi connectivity index (χ0) is 10.2. The second kappa shape index (κ2) is 7.70. The molecule has 0 saturated carbocycles. The van der Waals surface area contributed by atoms with Crippen LogP contribution in [0.1, 0.15) is 51.9 Å². The summed E-state index contributed by atoms with van der Waals surface area (Å²) in [5.41, 5.74) is 0. The average Bonchev–Trinajstić information content (AvgIpc) is 2.65. The number of hydrogen-bond donors (Lipinski definition) is 0. The molecule has 1 fully saturated rings. The molecular weight excluding hydrogens is 238 g/mol. The first-order valence-electron chi connectivity index (χ1n) is 6.18. The fourth-order valence-corrected chi connectivity index (χ4v) is 3.02. The van der Waals surface area contributed by atoms with Gasteiger partial charge in [0, 0.05) is 11.4 Å². The number of likely N-dealkylation sites (tertiary alicyclic amines) is 1. The number of hydrogen-bond acceptors (Lipinski definition) is 1. The number of alkyl halides is 1. The van der Waals surface area contributed by atoms with Gasteiger partial charge < -0.3 is 0 Å². The number of nitrogens with zero attached hydrogens (tertiary/aromatic N) is 1. The number of rotatable bonds is 7. The summed E-state index contributed by atoms with van der Waals surface area (Å²) in [6.07, 6.45) is 9.85. The van der Waals surface area contributed by atoms with Gasteiger partial charge in [0.15, 0.2) is 0 Å². The van der Waals surface area contributed by atoms with Crippen LogP contribution >= 0.6 is 15.9 Å². The van der Waals surface area contributed by atoms with Crippen molar-refractivity contribution in [1.82, 2.24) is 4.90 Å². The lowest BCUT2D eigenvalue weighted by atomic mass is 10.1. The Morgan fingerprint density at radius 2 is 2.00 bits per heavy atom. The molecule has 1 aliphatic heterocycles. The van der Waals surface area contributed by atoms with Gasteiger partial charge in [-0.05, 0) is 32.4 Å². The van der Waals surface area contributed by atoms with Crippen LogP contribution in [0.3, 0.4) is 0 Å². The molecule has 1 aliphatic rings. The van der Waals surface area contributed by atoms with Gasteiger partial charge in [0.2, 0.25) is 0 Å². The van der Waals surface area contributed by atoms with E-state index in [0.717, 1.165) is 6.04 Å². The maximum atomic E-state index is 3.61. The second-order valence-corrected chi connectivity index (χ2v) is 5.05. The molecule has 0 spiro atoms. The van der Waals surface area contributed by atoms with Crippen LogP contribution in [-0.2, 0) is 0 Å². The van der Waals surface area contributed by atoms with Gasteiger partial charge in [-0.1, -0.05) is 48.5 Å². The molecule has 84 valence electrons. The number of halogens is 1. The van der Waals surface area contributed by atoms with Crippen molar-refractivity contribution >= 4 is 15.9 Å². The largest absolute Gasteiger partial charge is 0.300 e. The Labute approximate surface area is 97.4 Å². The van der Waals surface area contributed by atoms with Crippen LogP contribution in [0.2, 0.25) is 0 Å². The molecular formula is C12H24BrN. The standard InChI is InChI=1S/C12H24BrN/c1-2-3-4-5-6-9-14-10-7-8-12(14)11-13/h12H,2-11H2,1H3. The predicted octanol–water partition coefficient (Wildman–Crippen LogP) is 3.82. The van der Waals surface area contributed by atoms with Gasteiger partial charge in [0.25, 0.3) is 0 Å². The van der Waals surface area contributed by atoms with Crippen LogP contribution in [0.5, 0.6) is 0 Å². The van der Waals surface area contributed by atoms with E-state index in [2.05, 4.69) is 27.8 Å². The highest BCUT2D eigenvalue weighted by atomic mass is 79.9. The fraction of sp³-hybridized carbons (Fsp3) is 1.00. The molecule has 1 unspecified atom stereocenters. The third-order valence-electron chi connectivity index (χ3n) is 3.23. The molecule has 1 saturated heterocycles. The molecule has 1 rings (SSSR count). The van der Waals surface area contributed by atoms with E-state index in [1.165, 1.54) is 63.4 Å². The normalized spacial score (nSPS) is 23.1. The van der Waals surface area contributed by atoms with Gasteiger partial charge in [0.05, 0.1) is 0 Å². The second-order valence-electron chi connectivity index (χ2n) is 4.40. The molecule has 2 heteroatoms. The maximum absolute atomic E-state index is 3.61. The minimum atomic E-state index is 0.834. The predicted molar refractivity (Wildman–Crippen MR) is 67.1 cm³/mol. The Morgan fingerprint density at radius 1 is 1.21 bits per heavy atom. The lowest BCUT2D eigenvalue weighted by molar-refractivity contribution is 0.266. The Morgan fingerprint density at radius 3 is 2.71 bits per heavy atom. The minimum Gasteiger partial charge on any atom is -0.300 e. The van der Waals surface area contributed by atoms with E-state index in [4.69, 9.17) is 0 Å². The van der Waals surface area contributed by atoms with Crippen molar-refractivity contribution < 1.29 is 0 Å². The molecule has 0 aromatic heterocycles. The van der Waals surface area contributed by atoms with E-state index in [9.17, 15) is 0 Å². The average molecular weight is 262 g/mol. The van der Waals surface area contributed by atoms with Crippen molar-refractivity contribution in [2.45, 2.75) is 57.9 Å². The summed E-state index contributed by atoms with van der Waals surface area (Å²) in [5, 5.41) is 1.17. The van der Waals surface area contributed by atoms with Gasteiger partial charge in [-0.25, -0.2) is 0 Å². The summed E-state index contributed by atoms with van der Waals surface area (Å²) in [7, 11) is 0. The lowest BCUT2D eigenvalue weighted by Gasteiger charge is -2.22. The van der Waals surface area contributed by atoms with Crippen molar-refractivity contribution in [2.24, 2.45) is 0 Å². The molecule has 0 aromatic rings. The van der Waals surface area contributed by atoms with Crippen molar-refractivity contribution in [2.75, 3.05) is 18.4 Å². The molecule has 0 amide bonds. The molecule has 1 heterocycles. The number of unbranched alkanes of at least 4 members (excludes halogenated alkanes) is 4. The minimum absolute atomic E-state index is 0.834. The van der Waals surface area contributed by atoms with Crippen LogP contribution < -0.4 is 0 Å². The summed E-state index contributed by atoms with van der Waals surface area (Å²) in [5.74, 6) is 0. The van der Waals surface area contributed by atoms with Crippen LogP contribution in [0.25, 0.3) is 0 Å². The Hall–Kier alpha value is 0.440. The molecule has 0 aliphatic carbocycles. The zero-order valence-electron chi connectivity index (χ0n) is 9.47. The summed E-state index contributed by atoms with van der Waals surface area (Å²) >= 11 is 3.61. The first-order valence-corrected chi connectivity index (χ1v) is 7.30. The quantitative estimate of drug-likeness (QED) is 0.498. The Balaban J connectivity index is 2.00. The van der Waals surface area contributed by atoms with E-state index < -0.39 is 0 Å². The molecule has 1 atom stereocenters. The highest BCUT2D eigenvalue weighted by Crippen LogP contribution is 2.19. The van der Waals surface area contributed by atoms with Gasteiger partial charge in [-0.15, -0.1) is 0 Å². The molecule has 14 heavy (non-hydrogen) atoms. The van der Waals surface area contributed by atoms with E-state index in [-0.39, 0.29) is 0 Å². The van der Waals surface area contributed by atoms with E-state index in [1.54, 1.807) is 0 Å². The fourth-order valence-electron chi connectivity index (χ4n) is 2.28. The first-order chi connectivity index (χ1) is 6.88. The van der Waals surface area contributed by atoms with Crippen molar-refractivity contribution in [3.05, 3.63) is 0 Å². The summed E-state index contributed by atoms with van der Waals surface area (Å²) < 4.78 is 0. The molecule has 0 bridgehead atoms. The molecule has 0 radical (unpaired) electrons. The zero-order valence-corrected chi connectivity index (χ0v) is 11.1. The first kappa shape index (κ1) is 12.5. The molecule has 1 nitrogen and oxygen atoms in total. The highest BCUT2D eigenvalue weighted by Gasteiger charge is 2.22.